The molecular weight excluding hydrogens is 348 g/mol. The topological polar surface area (TPSA) is 118 Å². The summed E-state index contributed by atoms with van der Waals surface area (Å²) in [6, 6.07) is 7.22. The van der Waals surface area contributed by atoms with Crippen molar-refractivity contribution < 1.29 is 9.59 Å². The van der Waals surface area contributed by atoms with Crippen LogP contribution in [0.5, 0.6) is 0 Å². The fraction of sp³-hybridized carbons (Fsp3) is 0.368. The van der Waals surface area contributed by atoms with E-state index in [-0.39, 0.29) is 18.4 Å². The fourth-order valence-electron chi connectivity index (χ4n) is 3.39. The molecule has 8 nitrogen and oxygen atoms in total. The maximum absolute atomic E-state index is 12.5. The van der Waals surface area contributed by atoms with Gasteiger partial charge in [-0.25, -0.2) is 4.79 Å². The van der Waals surface area contributed by atoms with Crippen LogP contribution >= 0.6 is 0 Å². The van der Waals surface area contributed by atoms with Gasteiger partial charge in [0, 0.05) is 30.4 Å². The van der Waals surface area contributed by atoms with Crippen molar-refractivity contribution in [2.45, 2.75) is 26.3 Å². The van der Waals surface area contributed by atoms with Crippen LogP contribution < -0.4 is 17.0 Å². The van der Waals surface area contributed by atoms with E-state index >= 15 is 0 Å². The number of hydrogen-bond acceptors (Lipinski definition) is 4. The van der Waals surface area contributed by atoms with Gasteiger partial charge in [-0.15, -0.1) is 0 Å². The molecule has 2 heterocycles. The molecule has 1 aromatic carbocycles. The Balaban J connectivity index is 1.62. The third-order valence-corrected chi connectivity index (χ3v) is 4.87. The summed E-state index contributed by atoms with van der Waals surface area (Å²) in [5.41, 5.74) is 6.16. The van der Waals surface area contributed by atoms with E-state index in [9.17, 15) is 19.2 Å². The van der Waals surface area contributed by atoms with Crippen LogP contribution in [-0.2, 0) is 17.8 Å². The molecule has 1 aromatic heterocycles. The van der Waals surface area contributed by atoms with E-state index in [1.54, 1.807) is 30.0 Å². The van der Waals surface area contributed by atoms with Crippen molar-refractivity contribution in [3.05, 3.63) is 68.0 Å². The zero-order chi connectivity index (χ0) is 19.6. The Bertz CT molecular complexity index is 992. The maximum Gasteiger partial charge on any atom is 0.328 e. The second kappa shape index (κ2) is 7.61. The van der Waals surface area contributed by atoms with Gasteiger partial charge in [0.15, 0.2) is 0 Å². The monoisotopic (exact) mass is 370 g/mol. The summed E-state index contributed by atoms with van der Waals surface area (Å²) < 4.78 is 1.22. The molecule has 3 N–H and O–H groups in total. The number of aromatic nitrogens is 2. The minimum absolute atomic E-state index is 0.0969. The number of nitrogens with two attached hydrogens (primary N) is 1. The van der Waals surface area contributed by atoms with Crippen LogP contribution in [0.25, 0.3) is 0 Å². The number of likely N-dealkylation sites (tertiary alicyclic amines) is 1. The van der Waals surface area contributed by atoms with Gasteiger partial charge in [-0.3, -0.25) is 23.9 Å². The standard InChI is InChI=1S/C19H22N4O4/c1-12-9-23(19(27)21-18(12)26)11-16(24)22-6-5-14(10-22)7-13-3-2-4-15(8-13)17(20)25/h2-4,8-9,14H,5-7,10-11H2,1H3,(H2,20,25)(H,21,26,27)/t14-/m1/s1. The Morgan fingerprint density at radius 1 is 1.30 bits per heavy atom. The lowest BCUT2D eigenvalue weighted by molar-refractivity contribution is -0.131. The van der Waals surface area contributed by atoms with E-state index in [1.807, 2.05) is 6.07 Å². The lowest BCUT2D eigenvalue weighted by Crippen LogP contribution is -2.38. The first-order chi connectivity index (χ1) is 12.8. The van der Waals surface area contributed by atoms with Gasteiger partial charge in [-0.05, 0) is 43.4 Å². The van der Waals surface area contributed by atoms with Crippen molar-refractivity contribution in [2.75, 3.05) is 13.1 Å². The molecular formula is C19H22N4O4. The molecule has 142 valence electrons. The smallest absolute Gasteiger partial charge is 0.328 e. The molecule has 0 spiro atoms. The van der Waals surface area contributed by atoms with Crippen molar-refractivity contribution in [1.29, 1.82) is 0 Å². The number of carbonyl (C=O) groups is 2. The summed E-state index contributed by atoms with van der Waals surface area (Å²) in [5.74, 6) is -0.329. The highest BCUT2D eigenvalue weighted by molar-refractivity contribution is 5.92. The molecule has 2 amide bonds. The van der Waals surface area contributed by atoms with E-state index in [0.717, 1.165) is 18.4 Å². The number of aromatic amines is 1. The minimum atomic E-state index is -0.585. The molecule has 0 aliphatic carbocycles. The number of H-pyrrole nitrogens is 1. The van der Waals surface area contributed by atoms with Crippen molar-refractivity contribution in [3.8, 4) is 0 Å². The van der Waals surface area contributed by atoms with Crippen LogP contribution in [-0.4, -0.2) is 39.4 Å². The lowest BCUT2D eigenvalue weighted by atomic mass is 9.97. The quantitative estimate of drug-likeness (QED) is 0.772. The molecule has 1 aliphatic rings. The molecule has 3 rings (SSSR count). The van der Waals surface area contributed by atoms with Crippen LogP contribution in [0.15, 0.2) is 40.1 Å². The van der Waals surface area contributed by atoms with Gasteiger partial charge < -0.3 is 10.6 Å². The number of nitrogens with one attached hydrogen (secondary N) is 1. The Kier molecular flexibility index (Phi) is 5.25. The average molecular weight is 370 g/mol. The number of primary amides is 1. The summed E-state index contributed by atoms with van der Waals surface area (Å²) in [6.45, 7) is 2.71. The van der Waals surface area contributed by atoms with Crippen molar-refractivity contribution in [2.24, 2.45) is 11.7 Å². The first kappa shape index (κ1) is 18.6. The summed E-state index contributed by atoms with van der Waals surface area (Å²) in [4.78, 5) is 51.0. The number of hydrogen-bond donors (Lipinski definition) is 2. The van der Waals surface area contributed by atoms with E-state index in [2.05, 4.69) is 4.98 Å². The average Bonchev–Trinajstić information content (AvgIpc) is 3.08. The third kappa shape index (κ3) is 4.33. The molecule has 1 fully saturated rings. The Hall–Kier alpha value is -3.16. The van der Waals surface area contributed by atoms with Gasteiger partial charge in [-0.2, -0.15) is 0 Å². The van der Waals surface area contributed by atoms with E-state index < -0.39 is 17.2 Å². The molecule has 8 heteroatoms. The molecule has 2 aromatic rings. The molecule has 0 unspecified atom stereocenters. The Morgan fingerprint density at radius 2 is 2.07 bits per heavy atom. The predicted octanol–water partition coefficient (Wildman–Crippen LogP) is 0.0351. The first-order valence-electron chi connectivity index (χ1n) is 8.80. The number of benzene rings is 1. The first-order valence-corrected chi connectivity index (χ1v) is 8.80. The molecule has 27 heavy (non-hydrogen) atoms. The molecule has 1 atom stereocenters. The van der Waals surface area contributed by atoms with Crippen LogP contribution in [0.4, 0.5) is 0 Å². The van der Waals surface area contributed by atoms with Crippen molar-refractivity contribution in [3.63, 3.8) is 0 Å². The highest BCUT2D eigenvalue weighted by Crippen LogP contribution is 2.21. The van der Waals surface area contributed by atoms with Gasteiger partial charge in [0.25, 0.3) is 5.56 Å². The molecule has 0 saturated carbocycles. The molecule has 1 saturated heterocycles. The number of nitrogens with zero attached hydrogens (tertiary/aromatic N) is 2. The SMILES string of the molecule is Cc1cn(CC(=O)N2CC[C@H](Cc3cccc(C(N)=O)c3)C2)c(=O)[nH]c1=O. The maximum atomic E-state index is 12.5. The fourth-order valence-corrected chi connectivity index (χ4v) is 3.39. The van der Waals surface area contributed by atoms with Crippen LogP contribution in [0.2, 0.25) is 0 Å². The number of carbonyl (C=O) groups excluding carboxylic acids is 2. The molecule has 0 radical (unpaired) electrons. The summed E-state index contributed by atoms with van der Waals surface area (Å²) in [5, 5.41) is 0. The zero-order valence-electron chi connectivity index (χ0n) is 15.1. The van der Waals surface area contributed by atoms with E-state index in [0.29, 0.717) is 24.2 Å². The minimum Gasteiger partial charge on any atom is -0.366 e. The van der Waals surface area contributed by atoms with E-state index in [4.69, 9.17) is 5.73 Å². The van der Waals surface area contributed by atoms with Crippen LogP contribution in [0, 0.1) is 12.8 Å². The Morgan fingerprint density at radius 3 is 2.81 bits per heavy atom. The van der Waals surface area contributed by atoms with Crippen LogP contribution in [0.3, 0.4) is 0 Å². The van der Waals surface area contributed by atoms with Gasteiger partial charge in [0.2, 0.25) is 11.8 Å². The number of amides is 2. The number of aryl methyl sites for hydroxylation is 1. The summed E-state index contributed by atoms with van der Waals surface area (Å²) in [6.07, 6.45) is 3.01. The summed E-state index contributed by atoms with van der Waals surface area (Å²) in [7, 11) is 0. The third-order valence-electron chi connectivity index (χ3n) is 4.87. The largest absolute Gasteiger partial charge is 0.366 e. The van der Waals surface area contributed by atoms with Gasteiger partial charge in [-0.1, -0.05) is 12.1 Å². The second-order valence-corrected chi connectivity index (χ2v) is 6.96. The molecule has 1 aliphatic heterocycles. The highest BCUT2D eigenvalue weighted by atomic mass is 16.2. The van der Waals surface area contributed by atoms with E-state index in [1.165, 1.54) is 10.8 Å². The van der Waals surface area contributed by atoms with Crippen molar-refractivity contribution >= 4 is 11.8 Å². The van der Waals surface area contributed by atoms with Gasteiger partial charge in [0.05, 0.1) is 0 Å². The predicted molar refractivity (Wildman–Crippen MR) is 99.4 cm³/mol. The summed E-state index contributed by atoms with van der Waals surface area (Å²) >= 11 is 0. The lowest BCUT2D eigenvalue weighted by Gasteiger charge is -2.17. The molecule has 0 bridgehead atoms. The van der Waals surface area contributed by atoms with Crippen LogP contribution in [0.1, 0.15) is 27.9 Å². The highest BCUT2D eigenvalue weighted by Gasteiger charge is 2.26. The number of rotatable bonds is 5. The van der Waals surface area contributed by atoms with Gasteiger partial charge >= 0.3 is 5.69 Å². The van der Waals surface area contributed by atoms with Crippen molar-refractivity contribution in [1.82, 2.24) is 14.5 Å². The van der Waals surface area contributed by atoms with Gasteiger partial charge in [0.1, 0.15) is 6.54 Å². The normalized spacial score (nSPS) is 16.5. The Labute approximate surface area is 155 Å². The second-order valence-electron chi connectivity index (χ2n) is 6.96. The zero-order valence-corrected chi connectivity index (χ0v) is 15.1.